The Kier molecular flexibility index (Phi) is 6.11. The van der Waals surface area contributed by atoms with Gasteiger partial charge in [0.2, 0.25) is 5.91 Å². The lowest BCUT2D eigenvalue weighted by atomic mass is 9.89. The normalized spacial score (nSPS) is 34.2. The van der Waals surface area contributed by atoms with Crippen LogP contribution in [0.3, 0.4) is 0 Å². The number of aromatic nitrogens is 2. The van der Waals surface area contributed by atoms with Gasteiger partial charge in [-0.2, -0.15) is 10.2 Å². The van der Waals surface area contributed by atoms with E-state index in [0.717, 1.165) is 0 Å². The highest BCUT2D eigenvalue weighted by atomic mass is 35.5. The third-order valence-corrected chi connectivity index (χ3v) is 6.01. The Morgan fingerprint density at radius 2 is 2.07 bits per heavy atom. The van der Waals surface area contributed by atoms with E-state index in [1.165, 1.54) is 7.11 Å². The van der Waals surface area contributed by atoms with Gasteiger partial charge in [-0.15, -0.1) is 11.6 Å². The Hall–Kier alpha value is -2.00. The predicted molar refractivity (Wildman–Crippen MR) is 98.1 cm³/mol. The van der Waals surface area contributed by atoms with E-state index >= 15 is 0 Å². The smallest absolute Gasteiger partial charge is 0.312 e. The molecule has 0 spiro atoms. The van der Waals surface area contributed by atoms with E-state index in [4.69, 9.17) is 16.3 Å². The largest absolute Gasteiger partial charge is 0.469 e. The van der Waals surface area contributed by atoms with Crippen LogP contribution in [0, 0.1) is 5.92 Å². The van der Waals surface area contributed by atoms with Gasteiger partial charge < -0.3 is 14.6 Å². The molecule has 0 aromatic carbocycles. The first kappa shape index (κ1) is 19.8. The van der Waals surface area contributed by atoms with E-state index < -0.39 is 18.1 Å². The standard InChI is InChI=1S/C17H25ClN6O3/c1-10-12(18)8-11(17(26)27-3)15(23(10)2)20-16(25)13-4-5-14(22-21-13)24-7-6-19-9-24/h6-7,9-15H,4-5,8H2,1-3H3,(H,20,25). The number of amides is 1. The maximum atomic E-state index is 12.8. The molecule has 0 saturated carbocycles. The third-order valence-electron chi connectivity index (χ3n) is 5.47. The number of esters is 1. The number of ether oxygens (including phenoxy) is 1. The summed E-state index contributed by atoms with van der Waals surface area (Å²) in [4.78, 5) is 30.9. The van der Waals surface area contributed by atoms with Crippen LogP contribution in [-0.4, -0.2) is 64.1 Å². The average Bonchev–Trinajstić information content (AvgIpc) is 3.22. The maximum absolute atomic E-state index is 12.8. The van der Waals surface area contributed by atoms with Gasteiger partial charge in [0.25, 0.3) is 0 Å². The minimum absolute atomic E-state index is 0.0106. The maximum Gasteiger partial charge on any atom is 0.312 e. The van der Waals surface area contributed by atoms with Crippen molar-refractivity contribution in [2.75, 3.05) is 14.2 Å². The molecule has 148 valence electrons. The van der Waals surface area contributed by atoms with Crippen molar-refractivity contribution in [1.82, 2.24) is 19.8 Å². The minimum Gasteiger partial charge on any atom is -0.469 e. The van der Waals surface area contributed by atoms with Crippen LogP contribution in [0.5, 0.6) is 0 Å². The van der Waals surface area contributed by atoms with Crippen molar-refractivity contribution in [2.24, 2.45) is 16.1 Å². The number of hydrogen-bond acceptors (Lipinski definition) is 7. The summed E-state index contributed by atoms with van der Waals surface area (Å²) in [5, 5.41) is 11.2. The van der Waals surface area contributed by atoms with Crippen LogP contribution in [0.4, 0.5) is 0 Å². The topological polar surface area (TPSA) is 101 Å². The summed E-state index contributed by atoms with van der Waals surface area (Å²) in [7, 11) is 3.19. The molecule has 1 aromatic rings. The molecule has 3 heterocycles. The van der Waals surface area contributed by atoms with Crippen molar-refractivity contribution in [3.63, 3.8) is 0 Å². The number of carbonyl (C=O) groups excluding carboxylic acids is 2. The highest BCUT2D eigenvalue weighted by Crippen LogP contribution is 2.31. The van der Waals surface area contributed by atoms with E-state index in [1.54, 1.807) is 12.5 Å². The fourth-order valence-corrected chi connectivity index (χ4v) is 3.97. The monoisotopic (exact) mass is 396 g/mol. The molecule has 10 heteroatoms. The number of methoxy groups -OCH3 is 1. The van der Waals surface area contributed by atoms with Crippen LogP contribution in [0.2, 0.25) is 0 Å². The molecule has 1 aromatic heterocycles. The minimum atomic E-state index is -0.569. The van der Waals surface area contributed by atoms with Gasteiger partial charge in [0, 0.05) is 23.8 Å². The Bertz CT molecular complexity index is 697. The Morgan fingerprint density at radius 3 is 2.67 bits per heavy atom. The van der Waals surface area contributed by atoms with Crippen molar-refractivity contribution >= 4 is 23.5 Å². The van der Waals surface area contributed by atoms with Gasteiger partial charge >= 0.3 is 5.97 Å². The van der Waals surface area contributed by atoms with Gasteiger partial charge in [-0.05, 0) is 33.2 Å². The molecule has 0 bridgehead atoms. The second-order valence-electron chi connectivity index (χ2n) is 7.06. The fraction of sp³-hybridized carbons (Fsp3) is 0.706. The molecule has 0 aliphatic carbocycles. The van der Waals surface area contributed by atoms with Gasteiger partial charge in [-0.3, -0.25) is 14.5 Å². The number of alkyl halides is 1. The second kappa shape index (κ2) is 8.35. The first-order valence-electron chi connectivity index (χ1n) is 9.04. The van der Waals surface area contributed by atoms with Crippen molar-refractivity contribution in [1.29, 1.82) is 0 Å². The first-order chi connectivity index (χ1) is 12.9. The third kappa shape index (κ3) is 4.14. The molecule has 0 radical (unpaired) electrons. The highest BCUT2D eigenvalue weighted by Gasteiger charge is 2.44. The number of halogens is 1. The molecular weight excluding hydrogens is 372 g/mol. The summed E-state index contributed by atoms with van der Waals surface area (Å²) in [6.07, 6.45) is 6.29. The molecule has 1 fully saturated rings. The molecule has 1 N–H and O–H groups in total. The van der Waals surface area contributed by atoms with Crippen LogP contribution < -0.4 is 5.32 Å². The lowest BCUT2D eigenvalue weighted by Crippen LogP contribution is -2.62. The van der Waals surface area contributed by atoms with Crippen LogP contribution in [0.25, 0.3) is 0 Å². The van der Waals surface area contributed by atoms with E-state index in [0.29, 0.717) is 19.3 Å². The predicted octanol–water partition coefficient (Wildman–Crippen LogP) is 1.56. The number of nitrogens with one attached hydrogen (secondary N) is 1. The van der Waals surface area contributed by atoms with Gasteiger partial charge in [-0.25, -0.2) is 4.98 Å². The van der Waals surface area contributed by atoms with Gasteiger partial charge in [-0.1, -0.05) is 0 Å². The first-order valence-corrected chi connectivity index (χ1v) is 9.47. The Balaban J connectivity index is 1.68. The zero-order valence-corrected chi connectivity index (χ0v) is 16.4. The van der Waals surface area contributed by atoms with Gasteiger partial charge in [0.15, 0.2) is 0 Å². The summed E-state index contributed by atoms with van der Waals surface area (Å²) in [6.45, 7) is 1.97. The SMILES string of the molecule is COC(=O)C1CC(Cl)C(C)N(C)C1NC(=O)C1CCC(n2ccnc2)N=N1. The van der Waals surface area contributed by atoms with Crippen molar-refractivity contribution in [3.8, 4) is 0 Å². The molecule has 9 nitrogen and oxygen atoms in total. The number of azo groups is 1. The summed E-state index contributed by atoms with van der Waals surface area (Å²) in [6, 6.07) is -0.558. The number of piperidine rings is 1. The van der Waals surface area contributed by atoms with Crippen LogP contribution in [-0.2, 0) is 14.3 Å². The quantitative estimate of drug-likeness (QED) is 0.614. The molecule has 2 aliphatic rings. The molecule has 1 saturated heterocycles. The zero-order valence-electron chi connectivity index (χ0n) is 15.7. The summed E-state index contributed by atoms with van der Waals surface area (Å²) in [5.74, 6) is -1.15. The number of likely N-dealkylation sites (tertiary alicyclic amines) is 1. The Labute approximate surface area is 163 Å². The second-order valence-corrected chi connectivity index (χ2v) is 7.62. The highest BCUT2D eigenvalue weighted by molar-refractivity contribution is 6.21. The van der Waals surface area contributed by atoms with Crippen LogP contribution in [0.1, 0.15) is 32.4 Å². The van der Waals surface area contributed by atoms with E-state index in [2.05, 4.69) is 20.5 Å². The summed E-state index contributed by atoms with van der Waals surface area (Å²) < 4.78 is 6.77. The van der Waals surface area contributed by atoms with Gasteiger partial charge in [0.05, 0.1) is 25.5 Å². The molecule has 27 heavy (non-hydrogen) atoms. The number of hydrogen-bond donors (Lipinski definition) is 1. The Morgan fingerprint density at radius 1 is 1.30 bits per heavy atom. The lowest BCUT2D eigenvalue weighted by molar-refractivity contribution is -0.151. The molecule has 2 aliphatic heterocycles. The summed E-state index contributed by atoms with van der Waals surface area (Å²) in [5.41, 5.74) is 0. The molecule has 6 atom stereocenters. The number of rotatable bonds is 4. The van der Waals surface area contributed by atoms with Gasteiger partial charge in [0.1, 0.15) is 12.2 Å². The average molecular weight is 397 g/mol. The molecule has 3 rings (SSSR count). The summed E-state index contributed by atoms with van der Waals surface area (Å²) >= 11 is 6.37. The van der Waals surface area contributed by atoms with Crippen molar-refractivity contribution in [2.45, 2.75) is 56.0 Å². The van der Waals surface area contributed by atoms with E-state index in [1.807, 2.05) is 29.6 Å². The van der Waals surface area contributed by atoms with Crippen molar-refractivity contribution < 1.29 is 14.3 Å². The molecule has 1 amide bonds. The molecule has 6 unspecified atom stereocenters. The number of nitrogens with zero attached hydrogens (tertiary/aromatic N) is 5. The van der Waals surface area contributed by atoms with E-state index in [-0.39, 0.29) is 29.5 Å². The zero-order chi connectivity index (χ0) is 19.6. The number of carbonyl (C=O) groups is 2. The fourth-order valence-electron chi connectivity index (χ4n) is 3.60. The van der Waals surface area contributed by atoms with E-state index in [9.17, 15) is 9.59 Å². The van der Waals surface area contributed by atoms with Crippen LogP contribution >= 0.6 is 11.6 Å². The lowest BCUT2D eigenvalue weighted by Gasteiger charge is -2.44. The van der Waals surface area contributed by atoms with Crippen molar-refractivity contribution in [3.05, 3.63) is 18.7 Å². The van der Waals surface area contributed by atoms with Crippen LogP contribution in [0.15, 0.2) is 28.9 Å². The number of imidazole rings is 1. The molecular formula is C17H25ClN6O3.